The highest BCUT2D eigenvalue weighted by molar-refractivity contribution is 4.91. The van der Waals surface area contributed by atoms with Gasteiger partial charge in [0.1, 0.15) is 0 Å². The first kappa shape index (κ1) is 10.9. The summed E-state index contributed by atoms with van der Waals surface area (Å²) in [7, 11) is 1.72. The molecule has 2 nitrogen and oxygen atoms in total. The van der Waals surface area contributed by atoms with Crippen molar-refractivity contribution in [3.8, 4) is 0 Å². The van der Waals surface area contributed by atoms with Gasteiger partial charge in [-0.25, -0.2) is 8.78 Å². The van der Waals surface area contributed by atoms with Crippen LogP contribution in [0.5, 0.6) is 0 Å². The second-order valence-corrected chi connectivity index (χ2v) is 3.70. The Bertz CT molecular complexity index is 175. The minimum Gasteiger partial charge on any atom is -0.377 e. The van der Waals surface area contributed by atoms with E-state index >= 15 is 0 Å². The number of nitrogens with zero attached hydrogens (tertiary/aromatic N) is 1. The molecule has 1 heterocycles. The average molecular weight is 193 g/mol. The molecule has 0 aromatic carbocycles. The smallest absolute Gasteiger partial charge is 0.262 e. The molecule has 0 spiro atoms. The van der Waals surface area contributed by atoms with E-state index in [0.717, 1.165) is 0 Å². The lowest BCUT2D eigenvalue weighted by molar-refractivity contribution is 0.00571. The molecule has 0 radical (unpaired) electrons. The molecular weight excluding hydrogens is 176 g/mol. The summed E-state index contributed by atoms with van der Waals surface area (Å²) >= 11 is 0. The lowest BCUT2D eigenvalue weighted by atomic mass is 10.1. The van der Waals surface area contributed by atoms with E-state index in [0.29, 0.717) is 6.61 Å². The third kappa shape index (κ3) is 2.61. The van der Waals surface area contributed by atoms with Crippen molar-refractivity contribution in [2.24, 2.45) is 0 Å². The molecule has 0 unspecified atom stereocenters. The van der Waals surface area contributed by atoms with Gasteiger partial charge in [0.25, 0.3) is 5.92 Å². The molecule has 1 saturated heterocycles. The van der Waals surface area contributed by atoms with Gasteiger partial charge in [0.05, 0.1) is 12.6 Å². The quantitative estimate of drug-likeness (QED) is 0.677. The molecule has 4 heteroatoms. The third-order valence-electron chi connectivity index (χ3n) is 2.53. The Morgan fingerprint density at radius 3 is 2.62 bits per heavy atom. The number of hydrogen-bond donors (Lipinski definition) is 0. The Morgan fingerprint density at radius 1 is 1.62 bits per heavy atom. The van der Waals surface area contributed by atoms with Gasteiger partial charge in [0, 0.05) is 19.1 Å². The normalized spacial score (nSPS) is 30.7. The SMILES string of the molecule is CCO[C@@H](C)[C@@H]1CC(F)(F)CN1C. The fourth-order valence-electron chi connectivity index (χ4n) is 1.91. The molecule has 1 rings (SSSR count). The first-order chi connectivity index (χ1) is 5.96. The molecule has 0 bridgehead atoms. The van der Waals surface area contributed by atoms with E-state index in [4.69, 9.17) is 4.74 Å². The van der Waals surface area contributed by atoms with Gasteiger partial charge in [-0.15, -0.1) is 0 Å². The van der Waals surface area contributed by atoms with E-state index in [1.54, 1.807) is 11.9 Å². The summed E-state index contributed by atoms with van der Waals surface area (Å²) in [6, 6.07) is -0.144. The number of halogens is 2. The molecule has 0 amide bonds. The third-order valence-corrected chi connectivity index (χ3v) is 2.53. The van der Waals surface area contributed by atoms with Crippen molar-refractivity contribution < 1.29 is 13.5 Å². The first-order valence-electron chi connectivity index (χ1n) is 4.66. The Balaban J connectivity index is 2.52. The van der Waals surface area contributed by atoms with E-state index in [2.05, 4.69) is 0 Å². The van der Waals surface area contributed by atoms with Gasteiger partial charge in [-0.2, -0.15) is 0 Å². The summed E-state index contributed by atoms with van der Waals surface area (Å²) in [4.78, 5) is 1.68. The van der Waals surface area contributed by atoms with Crippen LogP contribution in [0.15, 0.2) is 0 Å². The van der Waals surface area contributed by atoms with Gasteiger partial charge in [-0.3, -0.25) is 4.90 Å². The van der Waals surface area contributed by atoms with Crippen molar-refractivity contribution in [3.05, 3.63) is 0 Å². The summed E-state index contributed by atoms with van der Waals surface area (Å²) in [6.07, 6.45) is -0.187. The fourth-order valence-corrected chi connectivity index (χ4v) is 1.91. The monoisotopic (exact) mass is 193 g/mol. The molecule has 13 heavy (non-hydrogen) atoms. The van der Waals surface area contributed by atoms with Gasteiger partial charge in [-0.05, 0) is 20.9 Å². The Hall–Kier alpha value is -0.220. The fraction of sp³-hybridized carbons (Fsp3) is 1.00. The lowest BCUT2D eigenvalue weighted by Crippen LogP contribution is -2.36. The van der Waals surface area contributed by atoms with E-state index in [1.165, 1.54) is 0 Å². The van der Waals surface area contributed by atoms with Crippen LogP contribution < -0.4 is 0 Å². The number of hydrogen-bond acceptors (Lipinski definition) is 2. The molecule has 78 valence electrons. The number of ether oxygens (including phenoxy) is 1. The number of likely N-dealkylation sites (N-methyl/N-ethyl adjacent to an activating group) is 1. The summed E-state index contributed by atoms with van der Waals surface area (Å²) in [6.45, 7) is 4.17. The van der Waals surface area contributed by atoms with Crippen LogP contribution in [0.2, 0.25) is 0 Å². The van der Waals surface area contributed by atoms with Crippen molar-refractivity contribution in [1.29, 1.82) is 0 Å². The maximum atomic E-state index is 12.9. The molecule has 0 aromatic rings. The van der Waals surface area contributed by atoms with E-state index < -0.39 is 5.92 Å². The second kappa shape index (κ2) is 3.88. The Morgan fingerprint density at radius 2 is 2.23 bits per heavy atom. The largest absolute Gasteiger partial charge is 0.377 e. The molecule has 2 atom stereocenters. The topological polar surface area (TPSA) is 12.5 Å². The maximum absolute atomic E-state index is 12.9. The van der Waals surface area contributed by atoms with Crippen LogP contribution in [0.25, 0.3) is 0 Å². The van der Waals surface area contributed by atoms with E-state index in [9.17, 15) is 8.78 Å². The van der Waals surface area contributed by atoms with Crippen molar-refractivity contribution in [2.45, 2.75) is 38.3 Å². The highest BCUT2D eigenvalue weighted by atomic mass is 19.3. The molecule has 0 N–H and O–H groups in total. The van der Waals surface area contributed by atoms with Crippen molar-refractivity contribution in [2.75, 3.05) is 20.2 Å². The van der Waals surface area contributed by atoms with Crippen LogP contribution in [0.1, 0.15) is 20.3 Å². The zero-order valence-corrected chi connectivity index (χ0v) is 8.39. The second-order valence-electron chi connectivity index (χ2n) is 3.70. The molecule has 0 aliphatic carbocycles. The van der Waals surface area contributed by atoms with Gasteiger partial charge in [-0.1, -0.05) is 0 Å². The summed E-state index contributed by atoms with van der Waals surface area (Å²) in [5.41, 5.74) is 0. The zero-order chi connectivity index (χ0) is 10.1. The highest BCUT2D eigenvalue weighted by Crippen LogP contribution is 2.32. The standard InChI is InChI=1S/C9H17F2NO/c1-4-13-7(2)8-5-9(10,11)6-12(8)3/h7-8H,4-6H2,1-3H3/t7-,8-/m0/s1. The van der Waals surface area contributed by atoms with Gasteiger partial charge >= 0.3 is 0 Å². The number of likely N-dealkylation sites (tertiary alicyclic amines) is 1. The van der Waals surface area contributed by atoms with E-state index in [-0.39, 0.29) is 25.1 Å². The van der Waals surface area contributed by atoms with Crippen LogP contribution >= 0.6 is 0 Å². The van der Waals surface area contributed by atoms with Crippen molar-refractivity contribution in [3.63, 3.8) is 0 Å². The summed E-state index contributed by atoms with van der Waals surface area (Å²) in [5, 5.41) is 0. The maximum Gasteiger partial charge on any atom is 0.262 e. The van der Waals surface area contributed by atoms with E-state index in [1.807, 2.05) is 13.8 Å². The summed E-state index contributed by atoms with van der Waals surface area (Å²) < 4.78 is 31.2. The molecule has 0 aromatic heterocycles. The van der Waals surface area contributed by atoms with Gasteiger partial charge < -0.3 is 4.74 Å². The number of rotatable bonds is 3. The van der Waals surface area contributed by atoms with Gasteiger partial charge in [0.15, 0.2) is 0 Å². The minimum absolute atomic E-state index is 0.0787. The minimum atomic E-state index is -2.54. The molecule has 1 aliphatic heterocycles. The molecular formula is C9H17F2NO. The Labute approximate surface area is 77.9 Å². The van der Waals surface area contributed by atoms with Crippen LogP contribution in [0.3, 0.4) is 0 Å². The average Bonchev–Trinajstić information content (AvgIpc) is 2.25. The van der Waals surface area contributed by atoms with Crippen molar-refractivity contribution >= 4 is 0 Å². The predicted octanol–water partition coefficient (Wildman–Crippen LogP) is 1.75. The highest BCUT2D eigenvalue weighted by Gasteiger charge is 2.45. The molecule has 1 aliphatic rings. The van der Waals surface area contributed by atoms with Gasteiger partial charge in [0.2, 0.25) is 0 Å². The van der Waals surface area contributed by atoms with Crippen LogP contribution in [-0.4, -0.2) is 43.2 Å². The lowest BCUT2D eigenvalue weighted by Gasteiger charge is -2.24. The zero-order valence-electron chi connectivity index (χ0n) is 8.39. The number of alkyl halides is 2. The first-order valence-corrected chi connectivity index (χ1v) is 4.66. The molecule has 0 saturated carbocycles. The molecule has 1 fully saturated rings. The van der Waals surface area contributed by atoms with Crippen LogP contribution in [0, 0.1) is 0 Å². The summed E-state index contributed by atoms with van der Waals surface area (Å²) in [5.74, 6) is -2.54. The van der Waals surface area contributed by atoms with Crippen LogP contribution in [-0.2, 0) is 4.74 Å². The van der Waals surface area contributed by atoms with Crippen LogP contribution in [0.4, 0.5) is 8.78 Å². The van der Waals surface area contributed by atoms with Crippen molar-refractivity contribution in [1.82, 2.24) is 4.90 Å². The Kier molecular flexibility index (Phi) is 3.24. The predicted molar refractivity (Wildman–Crippen MR) is 47.1 cm³/mol.